The van der Waals surface area contributed by atoms with E-state index in [9.17, 15) is 0 Å². The summed E-state index contributed by atoms with van der Waals surface area (Å²) in [6.07, 6.45) is 2.10. The van der Waals surface area contributed by atoms with Crippen LogP contribution in [0.25, 0.3) is 38.9 Å². The van der Waals surface area contributed by atoms with Crippen molar-refractivity contribution in [3.63, 3.8) is 0 Å². The van der Waals surface area contributed by atoms with Crippen LogP contribution in [0.2, 0.25) is 0 Å². The molecule has 0 radical (unpaired) electrons. The second-order valence-electron chi connectivity index (χ2n) is 15.0. The molecule has 4 nitrogen and oxygen atoms in total. The molecule has 59 heavy (non-hydrogen) atoms. The number of halogens is 1. The third kappa shape index (κ3) is 5.41. The van der Waals surface area contributed by atoms with Crippen LogP contribution in [0.5, 0.6) is 0 Å². The number of hydrogen-bond donors (Lipinski definition) is 0. The normalized spacial score (nSPS) is 13.5. The lowest BCUT2D eigenvalue weighted by molar-refractivity contribution is 0.403. The molecule has 0 spiro atoms. The van der Waals surface area contributed by atoms with Crippen molar-refractivity contribution in [1.29, 1.82) is 0 Å². The fraction of sp³-hybridized carbons (Fsp3) is 0.0189. The molecule has 0 bridgehead atoms. The number of nitrogens with zero attached hydrogens (tertiary/aromatic N) is 4. The first-order valence-electron chi connectivity index (χ1n) is 20.0. The van der Waals surface area contributed by atoms with Crippen LogP contribution in [0.3, 0.4) is 0 Å². The van der Waals surface area contributed by atoms with Gasteiger partial charge in [-0.05, 0) is 87.0 Å². The number of pyridine rings is 2. The van der Waals surface area contributed by atoms with Gasteiger partial charge < -0.3 is 4.90 Å². The fourth-order valence-corrected chi connectivity index (χ4v) is 14.8. The fourth-order valence-electron chi connectivity index (χ4n) is 9.47. The van der Waals surface area contributed by atoms with E-state index < -0.39 is 14.2 Å². The van der Waals surface area contributed by atoms with E-state index in [1.165, 1.54) is 15.6 Å². The third-order valence-electron chi connectivity index (χ3n) is 11.8. The molecule has 0 saturated carbocycles. The maximum atomic E-state index is 18.7. The molecule has 0 N–H and O–H groups in total. The number of benzene rings is 7. The molecule has 280 valence electrons. The highest BCUT2D eigenvalue weighted by molar-refractivity contribution is 7.22. The van der Waals surface area contributed by atoms with Gasteiger partial charge in [-0.3, -0.25) is 9.55 Å². The zero-order valence-electron chi connectivity index (χ0n) is 32.0. The number of rotatable bonds is 7. The molecular formula is C53H37FN4Si. The summed E-state index contributed by atoms with van der Waals surface area (Å²) in [7, 11) is -3.31. The van der Waals surface area contributed by atoms with Gasteiger partial charge >= 0.3 is 0 Å². The number of fused-ring (bicyclic) bond motifs is 6. The van der Waals surface area contributed by atoms with Gasteiger partial charge in [0, 0.05) is 45.7 Å². The van der Waals surface area contributed by atoms with Crippen molar-refractivity contribution >= 4 is 67.7 Å². The van der Waals surface area contributed by atoms with Gasteiger partial charge in [0.1, 0.15) is 5.82 Å². The summed E-state index contributed by atoms with van der Waals surface area (Å²) in [5, 5.41) is 7.06. The van der Waals surface area contributed by atoms with Crippen LogP contribution in [0.4, 0.5) is 21.5 Å². The number of anilines is 3. The van der Waals surface area contributed by atoms with Gasteiger partial charge in [0.15, 0.2) is 14.2 Å². The van der Waals surface area contributed by atoms with Gasteiger partial charge in [-0.25, -0.2) is 9.37 Å². The molecule has 3 aromatic heterocycles. The first kappa shape index (κ1) is 34.8. The minimum absolute atomic E-state index is 0.564. The molecule has 0 saturated heterocycles. The van der Waals surface area contributed by atoms with Gasteiger partial charge in [-0.2, -0.15) is 0 Å². The Bertz CT molecular complexity index is 3080. The van der Waals surface area contributed by atoms with E-state index in [4.69, 9.17) is 4.98 Å². The molecule has 0 fully saturated rings. The summed E-state index contributed by atoms with van der Waals surface area (Å²) in [6, 6.07) is 71.6. The molecule has 0 aliphatic carbocycles. The van der Waals surface area contributed by atoms with E-state index in [0.29, 0.717) is 11.1 Å². The second kappa shape index (κ2) is 14.2. The largest absolute Gasteiger partial charge is 0.310 e. The molecule has 11 rings (SSSR count). The molecule has 1 unspecified atom stereocenters. The molecule has 7 aromatic carbocycles. The Morgan fingerprint density at radius 2 is 1.17 bits per heavy atom. The van der Waals surface area contributed by atoms with Crippen molar-refractivity contribution in [3.8, 4) is 17.1 Å². The predicted octanol–water partition coefficient (Wildman–Crippen LogP) is 10.5. The Morgan fingerprint density at radius 3 is 1.88 bits per heavy atom. The molecule has 4 heterocycles. The van der Waals surface area contributed by atoms with E-state index in [0.717, 1.165) is 61.1 Å². The van der Waals surface area contributed by atoms with E-state index >= 15 is 4.39 Å². The van der Waals surface area contributed by atoms with Crippen LogP contribution in [0, 0.1) is 0 Å². The topological polar surface area (TPSA) is 34.0 Å². The Labute approximate surface area is 343 Å². The van der Waals surface area contributed by atoms with Crippen molar-refractivity contribution < 1.29 is 4.39 Å². The van der Waals surface area contributed by atoms with Gasteiger partial charge in [0.2, 0.25) is 0 Å². The van der Waals surface area contributed by atoms with Gasteiger partial charge in [-0.15, -0.1) is 0 Å². The highest BCUT2D eigenvalue weighted by Gasteiger charge is 2.51. The lowest BCUT2D eigenvalue weighted by Crippen LogP contribution is -2.77. The average molecular weight is 777 g/mol. The minimum Gasteiger partial charge on any atom is -0.310 e. The number of para-hydroxylation sites is 3. The van der Waals surface area contributed by atoms with Gasteiger partial charge in [-0.1, -0.05) is 146 Å². The predicted molar refractivity (Wildman–Crippen MR) is 243 cm³/mol. The van der Waals surface area contributed by atoms with Crippen molar-refractivity contribution in [2.24, 2.45) is 0 Å². The highest BCUT2D eigenvalue weighted by Crippen LogP contribution is 2.48. The maximum absolute atomic E-state index is 18.7. The van der Waals surface area contributed by atoms with Crippen LogP contribution >= 0.6 is 0 Å². The summed E-state index contributed by atoms with van der Waals surface area (Å²) in [4.78, 5) is 11.9. The van der Waals surface area contributed by atoms with Crippen molar-refractivity contribution in [2.45, 2.75) is 6.17 Å². The smallest absolute Gasteiger partial charge is 0.184 e. The third-order valence-corrected chi connectivity index (χ3v) is 16.7. The Kier molecular flexibility index (Phi) is 8.38. The van der Waals surface area contributed by atoms with E-state index in [1.54, 1.807) is 6.20 Å². The second-order valence-corrected chi connectivity index (χ2v) is 18.7. The van der Waals surface area contributed by atoms with Crippen LogP contribution in [-0.2, 0) is 0 Å². The molecule has 0 amide bonds. The average Bonchev–Trinajstić information content (AvgIpc) is 3.66. The van der Waals surface area contributed by atoms with Crippen molar-refractivity contribution in [3.05, 3.63) is 230 Å². The highest BCUT2D eigenvalue weighted by atomic mass is 28.3. The van der Waals surface area contributed by atoms with Crippen LogP contribution < -0.4 is 25.6 Å². The Balaban J connectivity index is 1.38. The van der Waals surface area contributed by atoms with E-state index in [-0.39, 0.29) is 0 Å². The minimum atomic E-state index is -3.31. The molecular weight excluding hydrogens is 740 g/mol. The van der Waals surface area contributed by atoms with Gasteiger partial charge in [0.05, 0.1) is 22.4 Å². The summed E-state index contributed by atoms with van der Waals surface area (Å²) >= 11 is 0. The van der Waals surface area contributed by atoms with Crippen LogP contribution in [-0.4, -0.2) is 22.6 Å². The number of hydrogen-bond acceptors (Lipinski definition) is 3. The van der Waals surface area contributed by atoms with Crippen LogP contribution in [0.1, 0.15) is 17.3 Å². The standard InChI is InChI=1S/C53H37FN4Si/c54-51(38-20-18-19-37(35-38)44-28-14-16-33-55-44)43-36-47-50(42-27-10-11-29-45(42)58(47)49-32-15-17-34-56-49)53-52(43)57(39-21-4-1-5-22-39)46-30-12-13-31-48(46)59(53,40-23-6-2-7-24-40)41-25-8-3-9-26-41/h1-36,51H. The monoisotopic (exact) mass is 776 g/mol. The first-order chi connectivity index (χ1) is 29.2. The maximum Gasteiger partial charge on any atom is 0.184 e. The Morgan fingerprint density at radius 1 is 0.525 bits per heavy atom. The summed E-state index contributed by atoms with van der Waals surface area (Å²) in [5.74, 6) is 0.778. The Hall–Kier alpha value is -7.41. The summed E-state index contributed by atoms with van der Waals surface area (Å²) in [6.45, 7) is 0. The SMILES string of the molecule is FC(c1cccc(-c2ccccn2)c1)c1cc2c(c3c1N(c1ccccc1)c1ccccc1[Si]3(c1ccccc1)c1ccccc1)c1ccccc1n2-c1ccccn1. The number of aromatic nitrogens is 3. The van der Waals surface area contributed by atoms with Crippen LogP contribution in [0.15, 0.2) is 219 Å². The molecule has 1 aliphatic heterocycles. The van der Waals surface area contributed by atoms with E-state index in [2.05, 4.69) is 154 Å². The van der Waals surface area contributed by atoms with E-state index in [1.807, 2.05) is 72.9 Å². The lowest BCUT2D eigenvalue weighted by Gasteiger charge is -2.46. The van der Waals surface area contributed by atoms with Gasteiger partial charge in [0.25, 0.3) is 0 Å². The zero-order valence-corrected chi connectivity index (χ0v) is 33.0. The first-order valence-corrected chi connectivity index (χ1v) is 22.0. The summed E-state index contributed by atoms with van der Waals surface area (Å²) < 4.78 is 21.0. The molecule has 6 heteroatoms. The molecule has 1 atom stereocenters. The number of alkyl halides is 1. The van der Waals surface area contributed by atoms with Crippen molar-refractivity contribution in [1.82, 2.24) is 14.5 Å². The molecule has 10 aromatic rings. The quantitative estimate of drug-likeness (QED) is 0.151. The molecule has 1 aliphatic rings. The zero-order chi connectivity index (χ0) is 39.3. The summed E-state index contributed by atoms with van der Waals surface area (Å²) in [5.41, 5.74) is 7.64. The lowest BCUT2D eigenvalue weighted by atomic mass is 9.95. The van der Waals surface area contributed by atoms with Crippen molar-refractivity contribution in [2.75, 3.05) is 4.90 Å².